The van der Waals surface area contributed by atoms with Crippen molar-refractivity contribution in [2.24, 2.45) is 0 Å². The third kappa shape index (κ3) is 2.76. The predicted octanol–water partition coefficient (Wildman–Crippen LogP) is 3.87. The number of piperidine rings is 1. The summed E-state index contributed by atoms with van der Waals surface area (Å²) in [6, 6.07) is 2.24. The molecule has 1 aliphatic heterocycles. The van der Waals surface area contributed by atoms with Crippen molar-refractivity contribution in [1.29, 1.82) is 0 Å². The monoisotopic (exact) mass is 309 g/mol. The van der Waals surface area contributed by atoms with Crippen molar-refractivity contribution >= 4 is 10.0 Å². The molecule has 0 N–H and O–H groups in total. The number of hydrogen-bond acceptors (Lipinski definition) is 2. The molecule has 0 bridgehead atoms. The Bertz CT molecular complexity index is 613. The second kappa shape index (κ2) is 5.73. The zero-order chi connectivity index (χ0) is 15.9. The maximum absolute atomic E-state index is 13.3. The smallest absolute Gasteiger partial charge is 0.207 e. The minimum Gasteiger partial charge on any atom is -0.207 e. The average molecular weight is 309 g/mol. The van der Waals surface area contributed by atoms with Gasteiger partial charge in [0.05, 0.1) is 4.90 Å². The van der Waals surface area contributed by atoms with Gasteiger partial charge in [-0.3, -0.25) is 0 Å². The molecule has 2 rings (SSSR count). The number of rotatable bonds is 2. The molecule has 118 valence electrons. The van der Waals surface area contributed by atoms with Crippen molar-refractivity contribution in [2.75, 3.05) is 0 Å². The number of benzene rings is 1. The van der Waals surface area contributed by atoms with Gasteiger partial charge in [-0.25, -0.2) is 8.42 Å². The van der Waals surface area contributed by atoms with Crippen molar-refractivity contribution in [3.63, 3.8) is 0 Å². The Morgan fingerprint density at radius 2 is 1.38 bits per heavy atom. The van der Waals surface area contributed by atoms with Gasteiger partial charge in [0.2, 0.25) is 10.0 Å². The Kier molecular flexibility index (Phi) is 4.50. The molecule has 0 amide bonds. The topological polar surface area (TPSA) is 37.4 Å². The fraction of sp³-hybridized carbons (Fsp3) is 0.647. The Labute approximate surface area is 129 Å². The number of hydrogen-bond donors (Lipinski definition) is 0. The predicted molar refractivity (Wildman–Crippen MR) is 87.2 cm³/mol. The first-order chi connectivity index (χ1) is 9.67. The van der Waals surface area contributed by atoms with E-state index in [0.717, 1.165) is 41.5 Å². The summed E-state index contributed by atoms with van der Waals surface area (Å²) in [6.07, 6.45) is 3.01. The van der Waals surface area contributed by atoms with E-state index in [4.69, 9.17) is 0 Å². The molecular formula is C17H27NO2S. The first-order valence-corrected chi connectivity index (χ1v) is 9.23. The van der Waals surface area contributed by atoms with Crippen molar-refractivity contribution in [2.45, 2.75) is 77.8 Å². The molecule has 4 heteroatoms. The van der Waals surface area contributed by atoms with Crippen LogP contribution in [0.2, 0.25) is 0 Å². The van der Waals surface area contributed by atoms with Gasteiger partial charge in [0, 0.05) is 12.1 Å². The van der Waals surface area contributed by atoms with Crippen LogP contribution in [0, 0.1) is 27.7 Å². The van der Waals surface area contributed by atoms with E-state index in [-0.39, 0.29) is 12.1 Å². The molecule has 21 heavy (non-hydrogen) atoms. The van der Waals surface area contributed by atoms with Crippen LogP contribution in [0.1, 0.15) is 55.4 Å². The molecule has 1 aromatic carbocycles. The van der Waals surface area contributed by atoms with E-state index in [1.807, 2.05) is 41.5 Å². The first-order valence-electron chi connectivity index (χ1n) is 7.78. The minimum absolute atomic E-state index is 0.0818. The van der Waals surface area contributed by atoms with Crippen molar-refractivity contribution in [3.8, 4) is 0 Å². The lowest BCUT2D eigenvalue weighted by atomic mass is 10.0. The van der Waals surface area contributed by atoms with Crippen molar-refractivity contribution in [3.05, 3.63) is 28.3 Å². The molecule has 2 unspecified atom stereocenters. The Balaban J connectivity index is 2.64. The summed E-state index contributed by atoms with van der Waals surface area (Å²) < 4.78 is 28.3. The fourth-order valence-electron chi connectivity index (χ4n) is 3.54. The highest BCUT2D eigenvalue weighted by Gasteiger charge is 2.37. The van der Waals surface area contributed by atoms with E-state index < -0.39 is 10.0 Å². The van der Waals surface area contributed by atoms with Gasteiger partial charge >= 0.3 is 0 Å². The molecule has 1 heterocycles. The Hall–Kier alpha value is -0.870. The molecule has 1 aliphatic rings. The summed E-state index contributed by atoms with van der Waals surface area (Å²) in [5, 5.41) is 0. The fourth-order valence-corrected chi connectivity index (χ4v) is 6.01. The molecule has 3 nitrogen and oxygen atoms in total. The molecule has 0 spiro atoms. The summed E-state index contributed by atoms with van der Waals surface area (Å²) >= 11 is 0. The highest BCUT2D eigenvalue weighted by Crippen LogP contribution is 2.34. The lowest BCUT2D eigenvalue weighted by Crippen LogP contribution is -2.47. The maximum Gasteiger partial charge on any atom is 0.244 e. The van der Waals surface area contributed by atoms with Crippen molar-refractivity contribution in [1.82, 2.24) is 4.31 Å². The first kappa shape index (κ1) is 16.5. The van der Waals surface area contributed by atoms with Crippen LogP contribution in [-0.2, 0) is 10.0 Å². The second-order valence-electron chi connectivity index (χ2n) is 6.55. The van der Waals surface area contributed by atoms with Gasteiger partial charge in [0.1, 0.15) is 0 Å². The van der Waals surface area contributed by atoms with Gasteiger partial charge in [-0.05, 0) is 76.6 Å². The SMILES string of the molecule is Cc1cc(C)c(C)c(S(=O)(=O)N2C(C)CCCC2C)c1C. The van der Waals surface area contributed by atoms with Gasteiger partial charge in [-0.2, -0.15) is 4.31 Å². The van der Waals surface area contributed by atoms with E-state index in [9.17, 15) is 8.42 Å². The summed E-state index contributed by atoms with van der Waals surface area (Å²) in [5.74, 6) is 0. The van der Waals surface area contributed by atoms with Crippen LogP contribution < -0.4 is 0 Å². The van der Waals surface area contributed by atoms with Crippen LogP contribution in [-0.4, -0.2) is 24.8 Å². The lowest BCUT2D eigenvalue weighted by molar-refractivity contribution is 0.204. The summed E-state index contributed by atoms with van der Waals surface area (Å²) in [5.41, 5.74) is 3.88. The van der Waals surface area contributed by atoms with Crippen LogP contribution >= 0.6 is 0 Å². The normalized spacial score (nSPS) is 24.3. The summed E-state index contributed by atoms with van der Waals surface area (Å²) in [7, 11) is -3.43. The quantitative estimate of drug-likeness (QED) is 0.831. The van der Waals surface area contributed by atoms with Crippen molar-refractivity contribution < 1.29 is 8.42 Å². The van der Waals surface area contributed by atoms with Gasteiger partial charge in [0.25, 0.3) is 0 Å². The average Bonchev–Trinajstić information content (AvgIpc) is 2.36. The second-order valence-corrected chi connectivity index (χ2v) is 8.33. The highest BCUT2D eigenvalue weighted by atomic mass is 32.2. The third-order valence-electron chi connectivity index (χ3n) is 4.95. The molecule has 0 saturated carbocycles. The van der Waals surface area contributed by atoms with Gasteiger partial charge < -0.3 is 0 Å². The maximum atomic E-state index is 13.3. The number of aryl methyl sites for hydroxylation is 2. The molecule has 0 aliphatic carbocycles. The van der Waals surface area contributed by atoms with Gasteiger partial charge in [0.15, 0.2) is 0 Å². The van der Waals surface area contributed by atoms with Gasteiger partial charge in [-0.15, -0.1) is 0 Å². The zero-order valence-electron chi connectivity index (χ0n) is 14.0. The van der Waals surface area contributed by atoms with Crippen LogP contribution in [0.15, 0.2) is 11.0 Å². The lowest BCUT2D eigenvalue weighted by Gasteiger charge is -2.38. The van der Waals surface area contributed by atoms with Crippen LogP contribution in [0.5, 0.6) is 0 Å². The molecule has 0 aromatic heterocycles. The van der Waals surface area contributed by atoms with E-state index in [0.29, 0.717) is 4.90 Å². The standard InChI is InChI=1S/C17H27NO2S/c1-11-10-12(2)16(6)17(15(11)5)21(19,20)18-13(3)8-7-9-14(18)4/h10,13-14H,7-9H2,1-6H3. The Morgan fingerprint density at radius 3 is 1.81 bits per heavy atom. The van der Waals surface area contributed by atoms with Crippen LogP contribution in [0.3, 0.4) is 0 Å². The number of nitrogens with zero attached hydrogens (tertiary/aromatic N) is 1. The number of sulfonamides is 1. The highest BCUT2D eigenvalue weighted by molar-refractivity contribution is 7.89. The van der Waals surface area contributed by atoms with E-state index in [1.165, 1.54) is 0 Å². The molecule has 1 fully saturated rings. The largest absolute Gasteiger partial charge is 0.244 e. The third-order valence-corrected chi connectivity index (χ3v) is 7.35. The van der Waals surface area contributed by atoms with E-state index in [2.05, 4.69) is 6.07 Å². The molecular weight excluding hydrogens is 282 g/mol. The van der Waals surface area contributed by atoms with Crippen LogP contribution in [0.4, 0.5) is 0 Å². The van der Waals surface area contributed by atoms with Gasteiger partial charge in [-0.1, -0.05) is 12.5 Å². The summed E-state index contributed by atoms with van der Waals surface area (Å²) in [4.78, 5) is 0.528. The molecule has 1 saturated heterocycles. The molecule has 2 atom stereocenters. The summed E-state index contributed by atoms with van der Waals surface area (Å²) in [6.45, 7) is 11.9. The zero-order valence-corrected chi connectivity index (χ0v) is 14.8. The Morgan fingerprint density at radius 1 is 0.952 bits per heavy atom. The minimum atomic E-state index is -3.43. The molecule has 1 aromatic rings. The van der Waals surface area contributed by atoms with E-state index in [1.54, 1.807) is 4.31 Å². The van der Waals surface area contributed by atoms with Crippen LogP contribution in [0.25, 0.3) is 0 Å². The molecule has 0 radical (unpaired) electrons. The van der Waals surface area contributed by atoms with E-state index >= 15 is 0 Å².